The minimum Gasteiger partial charge on any atom is -0.384 e. The second-order valence-electron chi connectivity index (χ2n) is 7.14. The monoisotopic (exact) mass is 254 g/mol. The first-order valence-electron chi connectivity index (χ1n) is 7.47. The molecule has 1 N–H and O–H groups in total. The number of likely N-dealkylation sites (tertiary alicyclic amines) is 1. The molecule has 3 unspecified atom stereocenters. The van der Waals surface area contributed by atoms with Gasteiger partial charge in [-0.1, -0.05) is 0 Å². The number of rotatable bonds is 5. The van der Waals surface area contributed by atoms with Crippen molar-refractivity contribution in [1.82, 2.24) is 10.2 Å². The molecule has 3 heteroatoms. The number of nitrogens with one attached hydrogen (secondary N) is 1. The van der Waals surface area contributed by atoms with Gasteiger partial charge in [-0.05, 0) is 65.0 Å². The van der Waals surface area contributed by atoms with E-state index in [9.17, 15) is 0 Å². The molecule has 2 rings (SSSR count). The van der Waals surface area contributed by atoms with Gasteiger partial charge in [-0.2, -0.15) is 0 Å². The van der Waals surface area contributed by atoms with Crippen LogP contribution < -0.4 is 5.32 Å². The minimum absolute atomic E-state index is 0.254. The van der Waals surface area contributed by atoms with Gasteiger partial charge in [-0.15, -0.1) is 0 Å². The maximum Gasteiger partial charge on any atom is 0.0503 e. The Hall–Kier alpha value is -0.120. The largest absolute Gasteiger partial charge is 0.384 e. The van der Waals surface area contributed by atoms with Crippen molar-refractivity contribution in [3.8, 4) is 0 Å². The van der Waals surface area contributed by atoms with Gasteiger partial charge < -0.3 is 10.1 Å². The Labute approximate surface area is 112 Å². The average molecular weight is 254 g/mol. The highest BCUT2D eigenvalue weighted by Crippen LogP contribution is 2.35. The van der Waals surface area contributed by atoms with Crippen molar-refractivity contribution in [2.75, 3.05) is 33.4 Å². The first-order valence-corrected chi connectivity index (χ1v) is 7.47. The molecule has 0 spiro atoms. The maximum absolute atomic E-state index is 5.29. The predicted molar refractivity (Wildman–Crippen MR) is 75.8 cm³/mol. The molecule has 0 aromatic rings. The Balaban J connectivity index is 1.73. The molecule has 2 aliphatic rings. The van der Waals surface area contributed by atoms with E-state index in [4.69, 9.17) is 4.74 Å². The summed E-state index contributed by atoms with van der Waals surface area (Å²) in [6.45, 7) is 11.4. The maximum atomic E-state index is 5.29. The number of methoxy groups -OCH3 is 1. The van der Waals surface area contributed by atoms with E-state index in [0.29, 0.717) is 0 Å². The van der Waals surface area contributed by atoms with Gasteiger partial charge in [0.15, 0.2) is 0 Å². The fourth-order valence-corrected chi connectivity index (χ4v) is 3.24. The quantitative estimate of drug-likeness (QED) is 0.813. The summed E-state index contributed by atoms with van der Waals surface area (Å²) in [4.78, 5) is 2.71. The zero-order chi connectivity index (χ0) is 13.2. The summed E-state index contributed by atoms with van der Waals surface area (Å²) in [6.07, 6.45) is 4.12. The summed E-state index contributed by atoms with van der Waals surface area (Å²) in [5.41, 5.74) is 0.254. The highest BCUT2D eigenvalue weighted by molar-refractivity contribution is 4.94. The van der Waals surface area contributed by atoms with Crippen LogP contribution in [0.25, 0.3) is 0 Å². The van der Waals surface area contributed by atoms with Crippen molar-refractivity contribution in [1.29, 1.82) is 0 Å². The van der Waals surface area contributed by atoms with Crippen LogP contribution in [0.15, 0.2) is 0 Å². The van der Waals surface area contributed by atoms with E-state index in [2.05, 4.69) is 31.0 Å². The Morgan fingerprint density at radius 2 is 2.00 bits per heavy atom. The number of nitrogens with zero attached hydrogens (tertiary/aromatic N) is 1. The molecule has 0 radical (unpaired) electrons. The molecule has 3 atom stereocenters. The molecule has 1 saturated heterocycles. The van der Waals surface area contributed by atoms with Gasteiger partial charge in [-0.3, -0.25) is 4.90 Å². The SMILES string of the molecule is COCC1CCN(C2CCC2CNC(C)(C)C)C1. The van der Waals surface area contributed by atoms with Crippen molar-refractivity contribution in [3.63, 3.8) is 0 Å². The van der Waals surface area contributed by atoms with Crippen LogP contribution in [0.5, 0.6) is 0 Å². The molecule has 0 aromatic carbocycles. The molecule has 0 bridgehead atoms. The molecule has 1 aliphatic carbocycles. The number of hydrogen-bond donors (Lipinski definition) is 1. The van der Waals surface area contributed by atoms with Crippen LogP contribution in [0, 0.1) is 11.8 Å². The molecule has 18 heavy (non-hydrogen) atoms. The van der Waals surface area contributed by atoms with E-state index >= 15 is 0 Å². The first-order chi connectivity index (χ1) is 8.49. The lowest BCUT2D eigenvalue weighted by Crippen LogP contribution is -2.52. The standard InChI is InChI=1S/C15H30N2O/c1-15(2,3)16-9-13-5-6-14(13)17-8-7-12(10-17)11-18-4/h12-14,16H,5-11H2,1-4H3. The third kappa shape index (κ3) is 3.69. The van der Waals surface area contributed by atoms with Gasteiger partial charge in [-0.25, -0.2) is 0 Å². The lowest BCUT2D eigenvalue weighted by atomic mass is 9.78. The lowest BCUT2D eigenvalue weighted by molar-refractivity contribution is 0.0688. The van der Waals surface area contributed by atoms with Gasteiger partial charge in [0.1, 0.15) is 0 Å². The van der Waals surface area contributed by atoms with E-state index in [0.717, 1.165) is 24.5 Å². The Bertz CT molecular complexity index is 262. The summed E-state index contributed by atoms with van der Waals surface area (Å²) in [5.74, 6) is 1.64. The smallest absolute Gasteiger partial charge is 0.0503 e. The van der Waals surface area contributed by atoms with Gasteiger partial charge >= 0.3 is 0 Å². The topological polar surface area (TPSA) is 24.5 Å². The van der Waals surface area contributed by atoms with E-state index in [1.54, 1.807) is 0 Å². The normalized spacial score (nSPS) is 33.7. The van der Waals surface area contributed by atoms with E-state index in [-0.39, 0.29) is 5.54 Å². The fraction of sp³-hybridized carbons (Fsp3) is 1.00. The Kier molecular flexibility index (Phi) is 4.68. The fourth-order valence-electron chi connectivity index (χ4n) is 3.24. The summed E-state index contributed by atoms with van der Waals surface area (Å²) < 4.78 is 5.29. The summed E-state index contributed by atoms with van der Waals surface area (Å²) in [7, 11) is 1.82. The number of ether oxygens (including phenoxy) is 1. The zero-order valence-electron chi connectivity index (χ0n) is 12.5. The van der Waals surface area contributed by atoms with Gasteiger partial charge in [0.05, 0.1) is 6.61 Å². The first kappa shape index (κ1) is 14.3. The minimum atomic E-state index is 0.254. The zero-order valence-corrected chi connectivity index (χ0v) is 12.5. The molecular formula is C15H30N2O. The molecule has 3 nitrogen and oxygen atoms in total. The molecule has 0 aromatic heterocycles. The molecular weight excluding hydrogens is 224 g/mol. The van der Waals surface area contributed by atoms with E-state index < -0.39 is 0 Å². The van der Waals surface area contributed by atoms with Crippen LogP contribution in [0.4, 0.5) is 0 Å². The van der Waals surface area contributed by atoms with Gasteiger partial charge in [0, 0.05) is 25.2 Å². The second-order valence-corrected chi connectivity index (χ2v) is 7.14. The third-order valence-corrected chi connectivity index (χ3v) is 4.46. The molecule has 1 heterocycles. The Morgan fingerprint density at radius 1 is 1.22 bits per heavy atom. The van der Waals surface area contributed by atoms with Crippen LogP contribution in [-0.2, 0) is 4.74 Å². The lowest BCUT2D eigenvalue weighted by Gasteiger charge is -2.44. The predicted octanol–water partition coefficient (Wildman–Crippen LogP) is 2.12. The molecule has 0 amide bonds. The van der Waals surface area contributed by atoms with E-state index in [1.165, 1.54) is 38.9 Å². The van der Waals surface area contributed by atoms with Crippen LogP contribution in [0.1, 0.15) is 40.0 Å². The summed E-state index contributed by atoms with van der Waals surface area (Å²) >= 11 is 0. The van der Waals surface area contributed by atoms with Crippen LogP contribution in [-0.4, -0.2) is 49.8 Å². The molecule has 2 fully saturated rings. The number of hydrogen-bond acceptors (Lipinski definition) is 3. The highest BCUT2D eigenvalue weighted by Gasteiger charge is 2.38. The van der Waals surface area contributed by atoms with Crippen LogP contribution in [0.2, 0.25) is 0 Å². The summed E-state index contributed by atoms with van der Waals surface area (Å²) in [6, 6.07) is 0.835. The van der Waals surface area contributed by atoms with Crippen molar-refractivity contribution < 1.29 is 4.74 Å². The Morgan fingerprint density at radius 3 is 2.56 bits per heavy atom. The third-order valence-electron chi connectivity index (χ3n) is 4.46. The molecule has 1 aliphatic heterocycles. The van der Waals surface area contributed by atoms with Crippen molar-refractivity contribution >= 4 is 0 Å². The van der Waals surface area contributed by atoms with Crippen molar-refractivity contribution in [2.24, 2.45) is 11.8 Å². The van der Waals surface area contributed by atoms with E-state index in [1.807, 2.05) is 7.11 Å². The van der Waals surface area contributed by atoms with Crippen molar-refractivity contribution in [2.45, 2.75) is 51.6 Å². The average Bonchev–Trinajstić information content (AvgIpc) is 2.63. The van der Waals surface area contributed by atoms with Crippen molar-refractivity contribution in [3.05, 3.63) is 0 Å². The van der Waals surface area contributed by atoms with Crippen LogP contribution >= 0.6 is 0 Å². The van der Waals surface area contributed by atoms with Crippen LogP contribution in [0.3, 0.4) is 0 Å². The molecule has 1 saturated carbocycles. The summed E-state index contributed by atoms with van der Waals surface area (Å²) in [5, 5.41) is 3.66. The molecule has 106 valence electrons. The highest BCUT2D eigenvalue weighted by atomic mass is 16.5. The van der Waals surface area contributed by atoms with Gasteiger partial charge in [0.25, 0.3) is 0 Å². The van der Waals surface area contributed by atoms with Gasteiger partial charge in [0.2, 0.25) is 0 Å². The second kappa shape index (κ2) is 5.89.